The van der Waals surface area contributed by atoms with E-state index in [1.165, 1.54) is 18.2 Å². The first-order chi connectivity index (χ1) is 20.6. The first-order valence-corrected chi connectivity index (χ1v) is 15.7. The predicted molar refractivity (Wildman–Crippen MR) is 166 cm³/mol. The molecule has 0 aromatic heterocycles. The zero-order valence-electron chi connectivity index (χ0n) is 26.2. The van der Waals surface area contributed by atoms with Crippen LogP contribution in [0.3, 0.4) is 0 Å². The topological polar surface area (TPSA) is 94.2 Å². The summed E-state index contributed by atoms with van der Waals surface area (Å²) in [6, 6.07) is 18.5. The van der Waals surface area contributed by atoms with Crippen molar-refractivity contribution in [3.8, 4) is 5.75 Å². The molecule has 1 N–H and O–H groups in total. The van der Waals surface area contributed by atoms with Crippen LogP contribution in [0.15, 0.2) is 54.6 Å². The van der Waals surface area contributed by atoms with Gasteiger partial charge in [0.1, 0.15) is 18.0 Å². The van der Waals surface area contributed by atoms with Gasteiger partial charge in [0, 0.05) is 13.1 Å². The van der Waals surface area contributed by atoms with Crippen molar-refractivity contribution in [1.82, 2.24) is 10.2 Å². The molecule has 2 atom stereocenters. The second kappa shape index (κ2) is 15.3. The van der Waals surface area contributed by atoms with Crippen molar-refractivity contribution in [2.75, 3.05) is 26.8 Å². The van der Waals surface area contributed by atoms with Gasteiger partial charge in [0.25, 0.3) is 0 Å². The summed E-state index contributed by atoms with van der Waals surface area (Å²) in [6.45, 7) is 7.29. The van der Waals surface area contributed by atoms with Crippen molar-refractivity contribution < 1.29 is 28.6 Å². The van der Waals surface area contributed by atoms with Crippen LogP contribution in [-0.2, 0) is 25.5 Å². The fourth-order valence-corrected chi connectivity index (χ4v) is 6.25. The number of hydrogen-bond donors (Lipinski definition) is 1. The molecule has 1 heterocycles. The van der Waals surface area contributed by atoms with Crippen molar-refractivity contribution in [2.24, 2.45) is 11.8 Å². The van der Waals surface area contributed by atoms with Crippen LogP contribution in [0.5, 0.6) is 5.75 Å². The number of likely N-dealkylation sites (tertiary alicyclic amines) is 1. The van der Waals surface area contributed by atoms with Gasteiger partial charge < -0.3 is 24.4 Å². The minimum atomic E-state index is -0.485. The quantitative estimate of drug-likeness (QED) is 0.292. The zero-order chi connectivity index (χ0) is 30.8. The average molecular weight is 593 g/mol. The number of carbonyl (C=O) groups excluding carboxylic acids is 3. The Labute approximate surface area is 256 Å². The molecule has 43 heavy (non-hydrogen) atoms. The fraction of sp³-hybridized carbons (Fsp3) is 0.571. The smallest absolute Gasteiger partial charge is 0.407 e. The minimum absolute atomic E-state index is 0.0132. The predicted octanol–water partition coefficient (Wildman–Crippen LogP) is 6.28. The molecule has 2 aromatic carbocycles. The van der Waals surface area contributed by atoms with Crippen molar-refractivity contribution >= 4 is 18.0 Å². The summed E-state index contributed by atoms with van der Waals surface area (Å²) in [5, 5.41) is 2.92. The van der Waals surface area contributed by atoms with Crippen LogP contribution >= 0.6 is 0 Å². The SMILES string of the molecule is COC(=O)C[C@@H]1C[C@@H](COc2ccc([C@H]3CC[C@H](CNC(=O)OC(C)(C)C)CC3)cc2)N(CCCc2ccccc2)C1=O. The van der Waals surface area contributed by atoms with E-state index in [9.17, 15) is 14.4 Å². The van der Waals surface area contributed by atoms with Gasteiger partial charge in [-0.2, -0.15) is 0 Å². The van der Waals surface area contributed by atoms with Gasteiger partial charge in [0.05, 0.1) is 25.5 Å². The lowest BCUT2D eigenvalue weighted by Gasteiger charge is -2.29. The highest BCUT2D eigenvalue weighted by Gasteiger charge is 2.40. The first kappa shape index (κ1) is 32.4. The number of methoxy groups -OCH3 is 1. The van der Waals surface area contributed by atoms with E-state index in [4.69, 9.17) is 14.2 Å². The molecule has 1 aliphatic carbocycles. The number of hydrogen-bond acceptors (Lipinski definition) is 6. The van der Waals surface area contributed by atoms with Crippen LogP contribution in [-0.4, -0.2) is 61.3 Å². The summed E-state index contributed by atoms with van der Waals surface area (Å²) >= 11 is 0. The lowest BCUT2D eigenvalue weighted by molar-refractivity contribution is -0.144. The van der Waals surface area contributed by atoms with Gasteiger partial charge in [0.2, 0.25) is 5.91 Å². The van der Waals surface area contributed by atoms with Gasteiger partial charge in [-0.05, 0) is 101 Å². The van der Waals surface area contributed by atoms with Crippen LogP contribution in [0.1, 0.15) is 82.8 Å². The molecule has 0 unspecified atom stereocenters. The largest absolute Gasteiger partial charge is 0.491 e. The molecule has 8 nitrogen and oxygen atoms in total. The molecule has 0 bridgehead atoms. The second-order valence-corrected chi connectivity index (χ2v) is 13.0. The van der Waals surface area contributed by atoms with E-state index in [0.717, 1.165) is 44.3 Å². The lowest BCUT2D eigenvalue weighted by Crippen LogP contribution is -2.38. The Bertz CT molecular complexity index is 1190. The maximum atomic E-state index is 13.2. The number of aryl methyl sites for hydroxylation is 1. The van der Waals surface area contributed by atoms with E-state index in [0.29, 0.717) is 38.0 Å². The number of carbonyl (C=O) groups is 3. The molecule has 1 saturated carbocycles. The molecular weight excluding hydrogens is 544 g/mol. The maximum absolute atomic E-state index is 13.2. The highest BCUT2D eigenvalue weighted by Crippen LogP contribution is 2.36. The van der Waals surface area contributed by atoms with E-state index in [-0.39, 0.29) is 36.4 Å². The third-order valence-electron chi connectivity index (χ3n) is 8.55. The van der Waals surface area contributed by atoms with Crippen LogP contribution in [0.2, 0.25) is 0 Å². The van der Waals surface area contributed by atoms with Gasteiger partial charge in [-0.3, -0.25) is 9.59 Å². The van der Waals surface area contributed by atoms with Crippen molar-refractivity contribution in [1.29, 1.82) is 0 Å². The van der Waals surface area contributed by atoms with E-state index in [1.54, 1.807) is 0 Å². The minimum Gasteiger partial charge on any atom is -0.491 e. The number of nitrogens with one attached hydrogen (secondary N) is 1. The van der Waals surface area contributed by atoms with E-state index < -0.39 is 5.60 Å². The number of amides is 2. The van der Waals surface area contributed by atoms with Crippen molar-refractivity contribution in [2.45, 2.75) is 89.7 Å². The second-order valence-electron chi connectivity index (χ2n) is 13.0. The zero-order valence-corrected chi connectivity index (χ0v) is 26.2. The molecular formula is C35H48N2O6. The number of nitrogens with zero attached hydrogens (tertiary/aromatic N) is 1. The fourth-order valence-electron chi connectivity index (χ4n) is 6.25. The molecule has 1 aliphatic heterocycles. The Hall–Kier alpha value is -3.55. The third kappa shape index (κ3) is 10.0. The summed E-state index contributed by atoms with van der Waals surface area (Å²) in [5.41, 5.74) is 2.07. The van der Waals surface area contributed by atoms with Gasteiger partial charge in [-0.25, -0.2) is 4.79 Å². The van der Waals surface area contributed by atoms with Crippen LogP contribution in [0.4, 0.5) is 4.79 Å². The lowest BCUT2D eigenvalue weighted by atomic mass is 9.78. The van der Waals surface area contributed by atoms with Gasteiger partial charge in [-0.1, -0.05) is 42.5 Å². The summed E-state index contributed by atoms with van der Waals surface area (Å²) in [4.78, 5) is 39.1. The summed E-state index contributed by atoms with van der Waals surface area (Å²) < 4.78 is 16.4. The molecule has 0 radical (unpaired) electrons. The molecule has 4 rings (SSSR count). The standard InChI is InChI=1S/C35H48N2O6/c1-35(2,3)43-34(40)36-23-26-12-14-27(15-13-26)28-16-18-31(19-17-28)42-24-30-21-29(22-32(38)41-4)33(39)37(30)20-8-11-25-9-6-5-7-10-25/h5-7,9-10,16-19,26-27,29-30H,8,11-15,20-24H2,1-4H3,(H,36,40)/t26-,27-,29-,30-/m0/s1. The van der Waals surface area contributed by atoms with E-state index in [2.05, 4.69) is 29.6 Å². The highest BCUT2D eigenvalue weighted by atomic mass is 16.6. The molecule has 2 aliphatic rings. The Balaban J connectivity index is 1.25. The number of benzene rings is 2. The average Bonchev–Trinajstić information content (AvgIpc) is 3.28. The van der Waals surface area contributed by atoms with Gasteiger partial charge >= 0.3 is 12.1 Å². The Morgan fingerprint density at radius 2 is 1.67 bits per heavy atom. The normalized spacial score (nSPS) is 22.2. The third-order valence-corrected chi connectivity index (χ3v) is 8.55. The Morgan fingerprint density at radius 1 is 0.977 bits per heavy atom. The summed E-state index contributed by atoms with van der Waals surface area (Å²) in [6.07, 6.45) is 6.41. The monoisotopic (exact) mass is 592 g/mol. The molecule has 2 amide bonds. The number of alkyl carbamates (subject to hydrolysis) is 1. The van der Waals surface area contributed by atoms with Gasteiger partial charge in [0.15, 0.2) is 0 Å². The van der Waals surface area contributed by atoms with Gasteiger partial charge in [-0.15, -0.1) is 0 Å². The molecule has 8 heteroatoms. The Kier molecular flexibility index (Phi) is 11.5. The molecule has 234 valence electrons. The molecule has 2 fully saturated rings. The molecule has 2 aromatic rings. The number of esters is 1. The van der Waals surface area contributed by atoms with Crippen LogP contribution < -0.4 is 10.1 Å². The van der Waals surface area contributed by atoms with Crippen LogP contribution in [0, 0.1) is 11.8 Å². The first-order valence-electron chi connectivity index (χ1n) is 15.7. The van der Waals surface area contributed by atoms with Crippen molar-refractivity contribution in [3.05, 3.63) is 65.7 Å². The Morgan fingerprint density at radius 3 is 2.33 bits per heavy atom. The maximum Gasteiger partial charge on any atom is 0.407 e. The summed E-state index contributed by atoms with van der Waals surface area (Å²) in [7, 11) is 1.36. The van der Waals surface area contributed by atoms with E-state index in [1.807, 2.05) is 56.0 Å². The number of ether oxygens (including phenoxy) is 3. The molecule has 0 spiro atoms. The highest BCUT2D eigenvalue weighted by molar-refractivity contribution is 5.85. The van der Waals surface area contributed by atoms with Crippen LogP contribution in [0.25, 0.3) is 0 Å². The molecule has 1 saturated heterocycles. The van der Waals surface area contributed by atoms with E-state index >= 15 is 0 Å². The van der Waals surface area contributed by atoms with Crippen molar-refractivity contribution in [3.63, 3.8) is 0 Å². The number of rotatable bonds is 12. The summed E-state index contributed by atoms with van der Waals surface area (Å²) in [5.74, 6) is 1.05.